The number of rotatable bonds is 4. The minimum Gasteiger partial charge on any atom is -0.271 e. The van der Waals surface area contributed by atoms with Crippen LogP contribution in [-0.4, -0.2) is 0 Å². The molecular formula is C14H16Cl2N2S. The first-order valence-corrected chi connectivity index (χ1v) is 7.56. The predicted molar refractivity (Wildman–Crippen MR) is 84.0 cm³/mol. The number of aryl methyl sites for hydroxylation is 2. The van der Waals surface area contributed by atoms with Crippen LogP contribution in [0.1, 0.15) is 26.9 Å². The summed E-state index contributed by atoms with van der Waals surface area (Å²) in [5.74, 6) is 5.68. The zero-order chi connectivity index (χ0) is 14.0. The number of nitrogens with two attached hydrogens (primary N) is 1. The quantitative estimate of drug-likeness (QED) is 0.647. The Hall–Kier alpha value is -0.580. The number of hydrazine groups is 1. The van der Waals surface area contributed by atoms with Gasteiger partial charge in [-0.1, -0.05) is 35.3 Å². The van der Waals surface area contributed by atoms with Crippen LogP contribution in [0, 0.1) is 13.8 Å². The van der Waals surface area contributed by atoms with Crippen molar-refractivity contribution in [1.82, 2.24) is 5.43 Å². The highest BCUT2D eigenvalue weighted by atomic mass is 35.5. The fourth-order valence-electron chi connectivity index (χ4n) is 1.94. The molecule has 0 aliphatic carbocycles. The smallest absolute Gasteiger partial charge is 0.0625 e. The fraction of sp³-hybridized carbons (Fsp3) is 0.286. The molecule has 0 aliphatic heterocycles. The van der Waals surface area contributed by atoms with Crippen LogP contribution in [0.2, 0.25) is 10.0 Å². The second-order valence-corrected chi connectivity index (χ2v) is 6.60. The lowest BCUT2D eigenvalue weighted by Crippen LogP contribution is -2.29. The van der Waals surface area contributed by atoms with Gasteiger partial charge in [-0.05, 0) is 43.5 Å². The summed E-state index contributed by atoms with van der Waals surface area (Å²) in [6.07, 6.45) is 0.718. The molecule has 1 aromatic heterocycles. The molecule has 0 spiro atoms. The molecule has 1 aromatic carbocycles. The number of thiophene rings is 1. The first kappa shape index (κ1) is 14.8. The van der Waals surface area contributed by atoms with Crippen LogP contribution in [0.4, 0.5) is 0 Å². The highest BCUT2D eigenvalue weighted by Gasteiger charge is 2.16. The molecule has 19 heavy (non-hydrogen) atoms. The van der Waals surface area contributed by atoms with E-state index in [1.165, 1.54) is 15.3 Å². The summed E-state index contributed by atoms with van der Waals surface area (Å²) in [7, 11) is 0. The minimum absolute atomic E-state index is 0.0494. The normalized spacial score (nSPS) is 12.7. The maximum Gasteiger partial charge on any atom is 0.0625 e. The van der Waals surface area contributed by atoms with Crippen molar-refractivity contribution in [3.8, 4) is 0 Å². The van der Waals surface area contributed by atoms with E-state index in [0.717, 1.165) is 12.0 Å². The lowest BCUT2D eigenvalue weighted by molar-refractivity contribution is 0.560. The maximum absolute atomic E-state index is 6.22. The molecule has 1 unspecified atom stereocenters. The molecule has 0 fully saturated rings. The van der Waals surface area contributed by atoms with Crippen LogP contribution in [0.5, 0.6) is 0 Å². The first-order valence-electron chi connectivity index (χ1n) is 5.99. The Bertz CT molecular complexity index is 561. The molecule has 0 saturated carbocycles. The van der Waals surface area contributed by atoms with E-state index in [4.69, 9.17) is 29.0 Å². The van der Waals surface area contributed by atoms with Gasteiger partial charge in [-0.25, -0.2) is 0 Å². The molecule has 0 radical (unpaired) electrons. The summed E-state index contributed by atoms with van der Waals surface area (Å²) >= 11 is 14.0. The van der Waals surface area contributed by atoms with E-state index in [9.17, 15) is 0 Å². The lowest BCUT2D eigenvalue weighted by atomic mass is 10.0. The van der Waals surface area contributed by atoms with Crippen molar-refractivity contribution >= 4 is 34.5 Å². The van der Waals surface area contributed by atoms with E-state index in [2.05, 4.69) is 25.3 Å². The van der Waals surface area contributed by atoms with E-state index >= 15 is 0 Å². The maximum atomic E-state index is 6.22. The van der Waals surface area contributed by atoms with Gasteiger partial charge >= 0.3 is 0 Å². The highest BCUT2D eigenvalue weighted by Crippen LogP contribution is 2.32. The van der Waals surface area contributed by atoms with Crippen LogP contribution >= 0.6 is 34.5 Å². The van der Waals surface area contributed by atoms with Crippen molar-refractivity contribution in [2.24, 2.45) is 5.84 Å². The van der Waals surface area contributed by atoms with Gasteiger partial charge in [-0.2, -0.15) is 0 Å². The average Bonchev–Trinajstić information content (AvgIpc) is 2.71. The Morgan fingerprint density at radius 3 is 2.63 bits per heavy atom. The molecule has 2 rings (SSSR count). The lowest BCUT2D eigenvalue weighted by Gasteiger charge is -2.15. The topological polar surface area (TPSA) is 38.0 Å². The van der Waals surface area contributed by atoms with E-state index in [1.54, 1.807) is 17.4 Å². The van der Waals surface area contributed by atoms with Gasteiger partial charge in [0.1, 0.15) is 0 Å². The molecule has 3 N–H and O–H groups in total. The molecule has 0 aliphatic rings. The second-order valence-electron chi connectivity index (χ2n) is 4.52. The summed E-state index contributed by atoms with van der Waals surface area (Å²) in [5.41, 5.74) is 5.15. The highest BCUT2D eigenvalue weighted by molar-refractivity contribution is 7.12. The van der Waals surface area contributed by atoms with E-state index in [-0.39, 0.29) is 6.04 Å². The Morgan fingerprint density at radius 1 is 1.32 bits per heavy atom. The van der Waals surface area contributed by atoms with Gasteiger partial charge in [0.25, 0.3) is 0 Å². The van der Waals surface area contributed by atoms with Gasteiger partial charge in [-0.3, -0.25) is 11.3 Å². The van der Waals surface area contributed by atoms with Gasteiger partial charge < -0.3 is 0 Å². The number of nitrogens with one attached hydrogen (secondary N) is 1. The summed E-state index contributed by atoms with van der Waals surface area (Å²) in [6.45, 7) is 4.22. The van der Waals surface area contributed by atoms with Crippen molar-refractivity contribution in [2.75, 3.05) is 0 Å². The molecule has 1 atom stereocenters. The van der Waals surface area contributed by atoms with Crippen molar-refractivity contribution < 1.29 is 0 Å². The zero-order valence-corrected chi connectivity index (χ0v) is 13.2. The van der Waals surface area contributed by atoms with Crippen LogP contribution in [0.25, 0.3) is 0 Å². The number of hydrogen-bond acceptors (Lipinski definition) is 3. The first-order chi connectivity index (χ1) is 9.02. The van der Waals surface area contributed by atoms with Crippen molar-refractivity contribution in [2.45, 2.75) is 26.3 Å². The van der Waals surface area contributed by atoms with Gasteiger partial charge in [0.05, 0.1) is 16.1 Å². The SMILES string of the molecule is Cc1cc(C(Cc2cccc(Cl)c2Cl)NN)sc1C. The Morgan fingerprint density at radius 2 is 2.05 bits per heavy atom. The van der Waals surface area contributed by atoms with Crippen LogP contribution in [0.15, 0.2) is 24.3 Å². The van der Waals surface area contributed by atoms with E-state index < -0.39 is 0 Å². The molecule has 2 aromatic rings. The molecule has 0 saturated heterocycles. The molecule has 0 amide bonds. The fourth-order valence-corrected chi connectivity index (χ4v) is 3.44. The molecule has 2 nitrogen and oxygen atoms in total. The van der Waals surface area contributed by atoms with Gasteiger partial charge in [-0.15, -0.1) is 11.3 Å². The molecular weight excluding hydrogens is 299 g/mol. The number of halogens is 2. The van der Waals surface area contributed by atoms with E-state index in [0.29, 0.717) is 10.0 Å². The Kier molecular flexibility index (Phi) is 4.87. The van der Waals surface area contributed by atoms with Crippen LogP contribution in [0.3, 0.4) is 0 Å². The van der Waals surface area contributed by atoms with Crippen molar-refractivity contribution in [3.05, 3.63) is 55.2 Å². The largest absolute Gasteiger partial charge is 0.271 e. The predicted octanol–water partition coefficient (Wildman–Crippen LogP) is 4.42. The monoisotopic (exact) mass is 314 g/mol. The third-order valence-corrected chi connectivity index (χ3v) is 5.31. The van der Waals surface area contributed by atoms with Crippen LogP contribution in [-0.2, 0) is 6.42 Å². The average molecular weight is 315 g/mol. The molecule has 5 heteroatoms. The minimum atomic E-state index is 0.0494. The van der Waals surface area contributed by atoms with Gasteiger partial charge in [0.2, 0.25) is 0 Å². The van der Waals surface area contributed by atoms with Crippen molar-refractivity contribution in [3.63, 3.8) is 0 Å². The van der Waals surface area contributed by atoms with Crippen LogP contribution < -0.4 is 11.3 Å². The molecule has 0 bridgehead atoms. The van der Waals surface area contributed by atoms with Crippen molar-refractivity contribution in [1.29, 1.82) is 0 Å². The second kappa shape index (κ2) is 6.25. The van der Waals surface area contributed by atoms with Gasteiger partial charge in [0, 0.05) is 9.75 Å². The standard InChI is InChI=1S/C14H16Cl2N2S/c1-8-6-13(19-9(8)2)12(18-17)7-10-4-3-5-11(15)14(10)16/h3-6,12,18H,7,17H2,1-2H3. The molecule has 1 heterocycles. The Labute approximate surface area is 127 Å². The number of hydrogen-bond donors (Lipinski definition) is 2. The summed E-state index contributed by atoms with van der Waals surface area (Å²) in [5, 5.41) is 1.18. The van der Waals surface area contributed by atoms with Gasteiger partial charge in [0.15, 0.2) is 0 Å². The third-order valence-electron chi connectivity index (χ3n) is 3.19. The van der Waals surface area contributed by atoms with E-state index in [1.807, 2.05) is 12.1 Å². The number of benzene rings is 1. The summed E-state index contributed by atoms with van der Waals surface area (Å²) in [6, 6.07) is 7.89. The molecule has 102 valence electrons. The Balaban J connectivity index is 2.26. The summed E-state index contributed by atoms with van der Waals surface area (Å²) < 4.78 is 0. The zero-order valence-electron chi connectivity index (χ0n) is 10.8. The summed E-state index contributed by atoms with van der Waals surface area (Å²) in [4.78, 5) is 2.53. The third kappa shape index (κ3) is 3.30.